The molecular formula is C14H24N2. The van der Waals surface area contributed by atoms with Crippen molar-refractivity contribution in [1.29, 1.82) is 0 Å². The van der Waals surface area contributed by atoms with Crippen molar-refractivity contribution in [2.45, 2.75) is 39.4 Å². The van der Waals surface area contributed by atoms with Crippen LogP contribution in [0.4, 0.5) is 0 Å². The summed E-state index contributed by atoms with van der Waals surface area (Å²) >= 11 is 0. The zero-order valence-corrected chi connectivity index (χ0v) is 11.0. The summed E-state index contributed by atoms with van der Waals surface area (Å²) in [6.45, 7) is 6.41. The summed E-state index contributed by atoms with van der Waals surface area (Å²) in [5, 5.41) is 3.52. The molecule has 0 fully saturated rings. The molecule has 0 amide bonds. The normalized spacial score (nSPS) is 13.1. The van der Waals surface area contributed by atoms with Gasteiger partial charge in [-0.1, -0.05) is 31.2 Å². The van der Waals surface area contributed by atoms with Crippen LogP contribution in [0.5, 0.6) is 0 Å². The van der Waals surface area contributed by atoms with E-state index in [0.717, 1.165) is 13.1 Å². The number of hydrogen-bond donors (Lipinski definition) is 1. The minimum atomic E-state index is 0.595. The van der Waals surface area contributed by atoms with E-state index in [1.165, 1.54) is 17.5 Å². The van der Waals surface area contributed by atoms with E-state index in [9.17, 15) is 0 Å². The van der Waals surface area contributed by atoms with E-state index in [0.29, 0.717) is 6.04 Å². The zero-order chi connectivity index (χ0) is 12.0. The predicted molar refractivity (Wildman–Crippen MR) is 70.4 cm³/mol. The van der Waals surface area contributed by atoms with Gasteiger partial charge >= 0.3 is 0 Å². The maximum atomic E-state index is 3.52. The Morgan fingerprint density at radius 2 is 1.94 bits per heavy atom. The summed E-state index contributed by atoms with van der Waals surface area (Å²) in [6, 6.07) is 9.40. The van der Waals surface area contributed by atoms with Gasteiger partial charge in [-0.15, -0.1) is 0 Å². The lowest BCUT2D eigenvalue weighted by Gasteiger charge is -2.13. The Morgan fingerprint density at radius 3 is 2.56 bits per heavy atom. The van der Waals surface area contributed by atoms with Gasteiger partial charge in [0.05, 0.1) is 0 Å². The highest BCUT2D eigenvalue weighted by Gasteiger charge is 2.00. The Labute approximate surface area is 99.7 Å². The van der Waals surface area contributed by atoms with Gasteiger partial charge in [0, 0.05) is 19.1 Å². The maximum Gasteiger partial charge on any atom is 0.0227 e. The molecule has 1 rings (SSSR count). The van der Waals surface area contributed by atoms with Crippen LogP contribution < -0.4 is 5.32 Å². The van der Waals surface area contributed by atoms with Gasteiger partial charge in [0.1, 0.15) is 0 Å². The third-order valence-electron chi connectivity index (χ3n) is 2.76. The Bertz CT molecular complexity index is 307. The third-order valence-corrected chi connectivity index (χ3v) is 2.76. The lowest BCUT2D eigenvalue weighted by atomic mass is 10.1. The third kappa shape index (κ3) is 4.77. The van der Waals surface area contributed by atoms with Crippen LogP contribution in [0.2, 0.25) is 0 Å². The highest BCUT2D eigenvalue weighted by Crippen LogP contribution is 2.07. The van der Waals surface area contributed by atoms with Crippen molar-refractivity contribution in [3.8, 4) is 0 Å². The lowest BCUT2D eigenvalue weighted by molar-refractivity contribution is 0.402. The van der Waals surface area contributed by atoms with E-state index >= 15 is 0 Å². The van der Waals surface area contributed by atoms with E-state index in [-0.39, 0.29) is 0 Å². The van der Waals surface area contributed by atoms with Gasteiger partial charge in [-0.3, -0.25) is 0 Å². The van der Waals surface area contributed by atoms with Crippen molar-refractivity contribution in [1.82, 2.24) is 10.2 Å². The van der Waals surface area contributed by atoms with E-state index in [1.807, 2.05) is 0 Å². The molecule has 0 aliphatic heterocycles. The molecule has 0 radical (unpaired) electrons. The molecule has 0 heterocycles. The van der Waals surface area contributed by atoms with E-state index in [4.69, 9.17) is 0 Å². The minimum absolute atomic E-state index is 0.595. The molecule has 16 heavy (non-hydrogen) atoms. The molecule has 90 valence electrons. The highest BCUT2D eigenvalue weighted by molar-refractivity contribution is 5.23. The molecule has 2 heteroatoms. The second-order valence-electron chi connectivity index (χ2n) is 4.75. The van der Waals surface area contributed by atoms with Crippen molar-refractivity contribution >= 4 is 0 Å². The largest absolute Gasteiger partial charge is 0.310 e. The van der Waals surface area contributed by atoms with Crippen molar-refractivity contribution in [2.24, 2.45) is 0 Å². The standard InChI is InChI=1S/C14H24N2/c1-5-12(2)15-10-13-7-6-8-14(9-13)11-16(3)4/h6-9,12,15H,5,10-11H2,1-4H3. The van der Waals surface area contributed by atoms with Crippen LogP contribution >= 0.6 is 0 Å². The second kappa shape index (κ2) is 6.66. The van der Waals surface area contributed by atoms with Crippen molar-refractivity contribution in [2.75, 3.05) is 14.1 Å². The smallest absolute Gasteiger partial charge is 0.0227 e. The van der Waals surface area contributed by atoms with E-state index in [1.54, 1.807) is 0 Å². The molecule has 0 spiro atoms. The molecular weight excluding hydrogens is 196 g/mol. The average Bonchev–Trinajstić information content (AvgIpc) is 2.25. The summed E-state index contributed by atoms with van der Waals surface area (Å²) in [5.41, 5.74) is 2.76. The van der Waals surface area contributed by atoms with Crippen LogP contribution in [0, 0.1) is 0 Å². The highest BCUT2D eigenvalue weighted by atomic mass is 15.0. The molecule has 1 aromatic rings. The van der Waals surface area contributed by atoms with Crippen LogP contribution in [0.25, 0.3) is 0 Å². The summed E-state index contributed by atoms with van der Waals surface area (Å²) < 4.78 is 0. The SMILES string of the molecule is CCC(C)NCc1cccc(CN(C)C)c1. The van der Waals surface area contributed by atoms with Gasteiger partial charge in [-0.05, 0) is 38.6 Å². The van der Waals surface area contributed by atoms with Crippen LogP contribution in [-0.2, 0) is 13.1 Å². The molecule has 0 aliphatic carbocycles. The Morgan fingerprint density at radius 1 is 1.25 bits per heavy atom. The number of nitrogens with zero attached hydrogens (tertiary/aromatic N) is 1. The molecule has 0 aromatic heterocycles. The fraction of sp³-hybridized carbons (Fsp3) is 0.571. The Hall–Kier alpha value is -0.860. The van der Waals surface area contributed by atoms with Crippen LogP contribution in [0.1, 0.15) is 31.4 Å². The number of nitrogens with one attached hydrogen (secondary N) is 1. The first-order chi connectivity index (χ1) is 7.61. The van der Waals surface area contributed by atoms with Crippen LogP contribution in [0.15, 0.2) is 24.3 Å². The Kier molecular flexibility index (Phi) is 5.50. The summed E-state index contributed by atoms with van der Waals surface area (Å²) in [5.74, 6) is 0. The molecule has 1 N–H and O–H groups in total. The molecule has 0 saturated carbocycles. The topological polar surface area (TPSA) is 15.3 Å². The quantitative estimate of drug-likeness (QED) is 0.793. The number of rotatable bonds is 6. The molecule has 0 bridgehead atoms. The van der Waals surface area contributed by atoms with Gasteiger partial charge < -0.3 is 10.2 Å². The van der Waals surface area contributed by atoms with E-state index in [2.05, 4.69) is 62.4 Å². The van der Waals surface area contributed by atoms with Gasteiger partial charge in [0.25, 0.3) is 0 Å². The summed E-state index contributed by atoms with van der Waals surface area (Å²) in [4.78, 5) is 2.20. The zero-order valence-electron chi connectivity index (χ0n) is 11.0. The molecule has 1 atom stereocenters. The fourth-order valence-electron chi connectivity index (χ4n) is 1.64. The van der Waals surface area contributed by atoms with Gasteiger partial charge in [0.15, 0.2) is 0 Å². The predicted octanol–water partition coefficient (Wildman–Crippen LogP) is 2.64. The lowest BCUT2D eigenvalue weighted by Crippen LogP contribution is -2.24. The molecule has 2 nitrogen and oxygen atoms in total. The molecule has 1 unspecified atom stereocenters. The fourth-order valence-corrected chi connectivity index (χ4v) is 1.64. The monoisotopic (exact) mass is 220 g/mol. The minimum Gasteiger partial charge on any atom is -0.310 e. The first-order valence-corrected chi connectivity index (χ1v) is 6.07. The van der Waals surface area contributed by atoms with Gasteiger partial charge in [0.2, 0.25) is 0 Å². The molecule has 0 saturated heterocycles. The average molecular weight is 220 g/mol. The first kappa shape index (κ1) is 13.2. The van der Waals surface area contributed by atoms with E-state index < -0.39 is 0 Å². The molecule has 0 aliphatic rings. The van der Waals surface area contributed by atoms with Crippen LogP contribution in [0.3, 0.4) is 0 Å². The van der Waals surface area contributed by atoms with Crippen LogP contribution in [-0.4, -0.2) is 25.0 Å². The van der Waals surface area contributed by atoms with Gasteiger partial charge in [-0.2, -0.15) is 0 Å². The summed E-state index contributed by atoms with van der Waals surface area (Å²) in [6.07, 6.45) is 1.18. The van der Waals surface area contributed by atoms with Gasteiger partial charge in [-0.25, -0.2) is 0 Å². The first-order valence-electron chi connectivity index (χ1n) is 6.07. The number of benzene rings is 1. The maximum absolute atomic E-state index is 3.52. The van der Waals surface area contributed by atoms with Crippen molar-refractivity contribution < 1.29 is 0 Å². The second-order valence-corrected chi connectivity index (χ2v) is 4.75. The summed E-state index contributed by atoms with van der Waals surface area (Å²) in [7, 11) is 4.20. The Balaban J connectivity index is 2.53. The van der Waals surface area contributed by atoms with Crippen molar-refractivity contribution in [3.05, 3.63) is 35.4 Å². The number of hydrogen-bond acceptors (Lipinski definition) is 2. The molecule has 1 aromatic carbocycles. The van der Waals surface area contributed by atoms with Crippen molar-refractivity contribution in [3.63, 3.8) is 0 Å².